The zero-order valence-corrected chi connectivity index (χ0v) is 23.3. The maximum Gasteiger partial charge on any atom is 1.00 e. The fraction of sp³-hybridized carbons (Fsp3) is 0.167. The van der Waals surface area contributed by atoms with E-state index in [1.807, 2.05) is 0 Å². The van der Waals surface area contributed by atoms with Gasteiger partial charge in [0.2, 0.25) is 0 Å². The average molecular weight is 687 g/mol. The summed E-state index contributed by atoms with van der Waals surface area (Å²) >= 11 is 0. The Morgan fingerprint density at radius 1 is 0.361 bits per heavy atom. The second kappa shape index (κ2) is 23.3. The van der Waals surface area contributed by atoms with Crippen molar-refractivity contribution in [2.75, 3.05) is 0 Å². The molecule has 4 aromatic heterocycles. The monoisotopic (exact) mass is 684 g/mol. The first-order valence-electron chi connectivity index (χ1n) is 9.58. The van der Waals surface area contributed by atoms with Crippen LogP contribution in [0.4, 0.5) is 0 Å². The molecule has 0 N–H and O–H groups in total. The van der Waals surface area contributed by atoms with E-state index < -0.39 is 0 Å². The van der Waals surface area contributed by atoms with E-state index in [-0.39, 0.29) is 91.8 Å². The first-order chi connectivity index (χ1) is 15.2. The molecule has 4 rings (SSSR count). The van der Waals surface area contributed by atoms with Crippen LogP contribution in [0.15, 0.2) is 72.8 Å². The van der Waals surface area contributed by atoms with Crippen LogP contribution in [-0.2, 0) is 68.3 Å². The number of aryl methyl sites for hydroxylation is 4. The van der Waals surface area contributed by atoms with Crippen LogP contribution in [0.25, 0.3) is 0 Å². The largest absolute Gasteiger partial charge is 1.00 e. The summed E-state index contributed by atoms with van der Waals surface area (Å²) in [7, 11) is 0. The molecule has 0 aliphatic rings. The Morgan fingerprint density at radius 3 is 0.611 bits per heavy atom. The van der Waals surface area contributed by atoms with E-state index in [9.17, 15) is 20.4 Å². The van der Waals surface area contributed by atoms with E-state index in [2.05, 4.69) is 19.9 Å². The molecule has 0 saturated carbocycles. The average Bonchev–Trinajstić information content (AvgIpc) is 2.69. The predicted octanol–water partition coefficient (Wildman–Crippen LogP) is 1.84. The molecule has 4 aromatic rings. The van der Waals surface area contributed by atoms with Crippen molar-refractivity contribution in [1.82, 2.24) is 19.9 Å². The van der Waals surface area contributed by atoms with Gasteiger partial charge in [-0.05, 0) is 75.5 Å². The van der Waals surface area contributed by atoms with Gasteiger partial charge in [0.25, 0.3) is 0 Å². The summed E-state index contributed by atoms with van der Waals surface area (Å²) in [6.07, 6.45) is 0. The van der Waals surface area contributed by atoms with Gasteiger partial charge in [0, 0.05) is 22.8 Å². The first-order valence-corrected chi connectivity index (χ1v) is 9.58. The van der Waals surface area contributed by atoms with Crippen LogP contribution in [0.5, 0.6) is 23.5 Å². The zero-order valence-electron chi connectivity index (χ0n) is 19.6. The maximum atomic E-state index is 10.4. The van der Waals surface area contributed by atoms with E-state index in [1.165, 1.54) is 24.3 Å². The number of rotatable bonds is 0. The van der Waals surface area contributed by atoms with Gasteiger partial charge in [-0.2, -0.15) is 0 Å². The Kier molecular flexibility index (Phi) is 26.5. The van der Waals surface area contributed by atoms with Crippen molar-refractivity contribution >= 4 is 0 Å². The summed E-state index contributed by atoms with van der Waals surface area (Å²) in [5, 5.41) is 41.5. The Morgan fingerprint density at radius 2 is 0.528 bits per heavy atom. The molecular formula is C24H24Cu4N4O4. The summed E-state index contributed by atoms with van der Waals surface area (Å²) in [6.45, 7) is 7.17. The van der Waals surface area contributed by atoms with Crippen molar-refractivity contribution < 1.29 is 88.7 Å². The summed E-state index contributed by atoms with van der Waals surface area (Å²) in [4.78, 5) is 14.5. The van der Waals surface area contributed by atoms with Crippen molar-refractivity contribution in [1.29, 1.82) is 0 Å². The van der Waals surface area contributed by atoms with Crippen LogP contribution in [0, 0.1) is 27.7 Å². The third kappa shape index (κ3) is 21.2. The van der Waals surface area contributed by atoms with Gasteiger partial charge in [-0.1, -0.05) is 48.5 Å². The third-order valence-corrected chi connectivity index (χ3v) is 3.45. The topological polar surface area (TPSA) is 144 Å². The fourth-order valence-electron chi connectivity index (χ4n) is 2.07. The molecule has 0 atom stereocenters. The number of pyridine rings is 4. The summed E-state index contributed by atoms with van der Waals surface area (Å²) in [5.41, 5.74) is 3.10. The van der Waals surface area contributed by atoms with Crippen LogP contribution in [0.2, 0.25) is 0 Å². The van der Waals surface area contributed by atoms with E-state index in [0.717, 1.165) is 22.8 Å². The van der Waals surface area contributed by atoms with Crippen LogP contribution in [-0.4, -0.2) is 19.9 Å². The quantitative estimate of drug-likeness (QED) is 0.255. The Balaban J connectivity index is -0.000000183. The minimum atomic E-state index is -0.162. The number of nitrogens with zero attached hydrogens (tertiary/aromatic N) is 4. The molecule has 0 aliphatic heterocycles. The van der Waals surface area contributed by atoms with E-state index in [0.29, 0.717) is 0 Å². The van der Waals surface area contributed by atoms with Gasteiger partial charge in [-0.25, -0.2) is 0 Å². The van der Waals surface area contributed by atoms with Gasteiger partial charge in [0.15, 0.2) is 0 Å². The normalized spacial score (nSPS) is 8.11. The fourth-order valence-corrected chi connectivity index (χ4v) is 2.07. The molecule has 0 aromatic carbocycles. The van der Waals surface area contributed by atoms with Crippen molar-refractivity contribution in [3.8, 4) is 23.5 Å². The molecule has 0 saturated heterocycles. The Hall–Kier alpha value is -2.12. The number of hydrogen-bond donors (Lipinski definition) is 0. The second-order valence-electron chi connectivity index (χ2n) is 6.47. The van der Waals surface area contributed by atoms with Crippen LogP contribution in [0.1, 0.15) is 22.8 Å². The molecule has 0 unspecified atom stereocenters. The van der Waals surface area contributed by atoms with Crippen LogP contribution >= 0.6 is 0 Å². The Bertz CT molecular complexity index is 866. The Labute approximate surface area is 254 Å². The molecule has 208 valence electrons. The molecule has 0 spiro atoms. The van der Waals surface area contributed by atoms with E-state index in [4.69, 9.17) is 0 Å². The van der Waals surface area contributed by atoms with E-state index in [1.54, 1.807) is 76.2 Å². The van der Waals surface area contributed by atoms with Crippen molar-refractivity contribution in [2.45, 2.75) is 27.7 Å². The minimum absolute atomic E-state index is 0. The summed E-state index contributed by atoms with van der Waals surface area (Å²) in [6, 6.07) is 19.7. The molecule has 8 nitrogen and oxygen atoms in total. The molecule has 0 bridgehead atoms. The minimum Gasteiger partial charge on any atom is -0.859 e. The molecular weight excluding hydrogens is 662 g/mol. The molecule has 12 heteroatoms. The number of aromatic nitrogens is 4. The van der Waals surface area contributed by atoms with Crippen molar-refractivity contribution in [3.63, 3.8) is 0 Å². The standard InChI is InChI=1S/4C6H7NO.4Cu/c4*1-5-3-2-4-6(8)7-5;;;;/h4*2-4H,1H3,(H,7,8);;;;/q;;;;4*+1/p-4. The van der Waals surface area contributed by atoms with Gasteiger partial charge in [0.05, 0.1) is 0 Å². The van der Waals surface area contributed by atoms with Crippen LogP contribution in [0.3, 0.4) is 0 Å². The predicted molar refractivity (Wildman–Crippen MR) is 114 cm³/mol. The van der Waals surface area contributed by atoms with Gasteiger partial charge < -0.3 is 20.4 Å². The molecule has 0 amide bonds. The van der Waals surface area contributed by atoms with Gasteiger partial charge in [0.1, 0.15) is 0 Å². The van der Waals surface area contributed by atoms with Gasteiger partial charge in [-0.3, -0.25) is 19.9 Å². The van der Waals surface area contributed by atoms with Crippen molar-refractivity contribution in [2.24, 2.45) is 0 Å². The first kappa shape index (κ1) is 41.0. The number of hydrogen-bond acceptors (Lipinski definition) is 8. The van der Waals surface area contributed by atoms with Crippen LogP contribution < -0.4 is 20.4 Å². The zero-order chi connectivity index (χ0) is 23.9. The third-order valence-electron chi connectivity index (χ3n) is 3.45. The van der Waals surface area contributed by atoms with Crippen molar-refractivity contribution in [3.05, 3.63) is 95.6 Å². The van der Waals surface area contributed by atoms with Gasteiger partial charge >= 0.3 is 68.3 Å². The molecule has 0 fully saturated rings. The molecule has 0 aliphatic carbocycles. The second-order valence-corrected chi connectivity index (χ2v) is 6.47. The maximum absolute atomic E-state index is 10.4. The SMILES string of the molecule is Cc1cccc([O-])n1.Cc1cccc([O-])n1.Cc1cccc([O-])n1.Cc1cccc([O-])n1.[Cu+].[Cu+].[Cu+].[Cu+]. The van der Waals surface area contributed by atoms with E-state index >= 15 is 0 Å². The smallest absolute Gasteiger partial charge is 0.859 e. The summed E-state index contributed by atoms with van der Waals surface area (Å²) < 4.78 is 0. The summed E-state index contributed by atoms with van der Waals surface area (Å²) in [5.74, 6) is -0.648. The molecule has 4 heterocycles. The van der Waals surface area contributed by atoms with Gasteiger partial charge in [-0.15, -0.1) is 0 Å². The molecule has 0 radical (unpaired) electrons. The molecule has 36 heavy (non-hydrogen) atoms.